The third-order valence-corrected chi connectivity index (χ3v) is 4.88. The van der Waals surface area contributed by atoms with E-state index in [9.17, 15) is 9.18 Å². The lowest BCUT2D eigenvalue weighted by Gasteiger charge is -2.24. The van der Waals surface area contributed by atoms with Crippen molar-refractivity contribution >= 4 is 5.91 Å². The molecule has 1 unspecified atom stereocenters. The molecule has 0 radical (unpaired) electrons. The Morgan fingerprint density at radius 3 is 2.81 bits per heavy atom. The number of methoxy groups -OCH3 is 1. The predicted octanol–water partition coefficient (Wildman–Crippen LogP) is 4.47. The van der Waals surface area contributed by atoms with Gasteiger partial charge in [-0.15, -0.1) is 0 Å². The first kappa shape index (κ1) is 17.3. The minimum absolute atomic E-state index is 0.208. The van der Waals surface area contributed by atoms with Gasteiger partial charge in [0, 0.05) is 18.2 Å². The lowest BCUT2D eigenvalue weighted by atomic mass is 10.0. The molecule has 1 amide bonds. The van der Waals surface area contributed by atoms with Crippen LogP contribution in [0.25, 0.3) is 11.3 Å². The number of para-hydroxylation sites is 1. The van der Waals surface area contributed by atoms with E-state index in [-0.39, 0.29) is 23.5 Å². The predicted molar refractivity (Wildman–Crippen MR) is 97.9 cm³/mol. The van der Waals surface area contributed by atoms with Gasteiger partial charge in [-0.05, 0) is 31.0 Å². The fourth-order valence-electron chi connectivity index (χ4n) is 3.58. The summed E-state index contributed by atoms with van der Waals surface area (Å²) in [5.74, 6) is 0.540. The molecule has 138 valence electrons. The highest BCUT2D eigenvalue weighted by molar-refractivity contribution is 5.93. The first-order valence-corrected chi connectivity index (χ1v) is 8.84. The molecular formula is C21H19FN2O3. The molecule has 1 aliphatic rings. The van der Waals surface area contributed by atoms with Crippen LogP contribution in [0.2, 0.25) is 0 Å². The standard InChI is InChI=1S/C21H19FN2O3/c1-26-19-11-5-3-8-15(19)20-13-17(23-27-20)21(25)24-12-6-10-18(24)14-7-2-4-9-16(14)22/h2-5,7-9,11,13,18H,6,10,12H2,1H3. The van der Waals surface area contributed by atoms with E-state index < -0.39 is 0 Å². The van der Waals surface area contributed by atoms with Gasteiger partial charge in [-0.2, -0.15) is 0 Å². The second-order valence-corrected chi connectivity index (χ2v) is 6.45. The van der Waals surface area contributed by atoms with Crippen LogP contribution in [0.3, 0.4) is 0 Å². The van der Waals surface area contributed by atoms with Gasteiger partial charge in [-0.1, -0.05) is 35.5 Å². The van der Waals surface area contributed by atoms with E-state index in [2.05, 4.69) is 5.16 Å². The number of aromatic nitrogens is 1. The summed E-state index contributed by atoms with van der Waals surface area (Å²) in [5, 5.41) is 3.95. The average Bonchev–Trinajstić information content (AvgIpc) is 3.38. The van der Waals surface area contributed by atoms with Crippen LogP contribution in [0.15, 0.2) is 59.1 Å². The van der Waals surface area contributed by atoms with Crippen LogP contribution in [-0.4, -0.2) is 29.6 Å². The molecule has 2 aromatic carbocycles. The number of amides is 1. The van der Waals surface area contributed by atoms with Gasteiger partial charge in [-0.3, -0.25) is 4.79 Å². The van der Waals surface area contributed by atoms with E-state index in [1.165, 1.54) is 6.07 Å². The molecule has 2 heterocycles. The number of rotatable bonds is 4. The third-order valence-electron chi connectivity index (χ3n) is 4.88. The van der Waals surface area contributed by atoms with E-state index in [1.54, 1.807) is 36.3 Å². The molecule has 1 aromatic heterocycles. The van der Waals surface area contributed by atoms with Crippen molar-refractivity contribution in [2.45, 2.75) is 18.9 Å². The topological polar surface area (TPSA) is 55.6 Å². The number of halogens is 1. The summed E-state index contributed by atoms with van der Waals surface area (Å²) < 4.78 is 24.9. The second-order valence-electron chi connectivity index (χ2n) is 6.45. The quantitative estimate of drug-likeness (QED) is 0.684. The molecule has 4 rings (SSSR count). The summed E-state index contributed by atoms with van der Waals surface area (Å²) in [5.41, 5.74) is 1.47. The number of benzene rings is 2. The largest absolute Gasteiger partial charge is 0.496 e. The molecule has 0 saturated carbocycles. The zero-order valence-electron chi connectivity index (χ0n) is 14.9. The maximum absolute atomic E-state index is 14.2. The van der Waals surface area contributed by atoms with E-state index in [1.807, 2.05) is 24.3 Å². The smallest absolute Gasteiger partial charge is 0.276 e. The molecule has 6 heteroatoms. The van der Waals surface area contributed by atoms with Crippen LogP contribution in [-0.2, 0) is 0 Å². The van der Waals surface area contributed by atoms with Gasteiger partial charge in [0.2, 0.25) is 0 Å². The number of carbonyl (C=O) groups excluding carboxylic acids is 1. The van der Waals surface area contributed by atoms with Crippen LogP contribution in [0, 0.1) is 5.82 Å². The van der Waals surface area contributed by atoms with Crippen molar-refractivity contribution in [3.63, 3.8) is 0 Å². The van der Waals surface area contributed by atoms with Crippen molar-refractivity contribution in [2.75, 3.05) is 13.7 Å². The highest BCUT2D eigenvalue weighted by Gasteiger charge is 2.33. The lowest BCUT2D eigenvalue weighted by molar-refractivity contribution is 0.0723. The van der Waals surface area contributed by atoms with Crippen molar-refractivity contribution in [3.05, 3.63) is 71.7 Å². The first-order valence-electron chi connectivity index (χ1n) is 8.84. The Kier molecular flexibility index (Phi) is 4.62. The van der Waals surface area contributed by atoms with Gasteiger partial charge in [0.05, 0.1) is 18.7 Å². The molecule has 0 N–H and O–H groups in total. The van der Waals surface area contributed by atoms with E-state index in [0.29, 0.717) is 23.6 Å². The Hall–Kier alpha value is -3.15. The van der Waals surface area contributed by atoms with Crippen molar-refractivity contribution < 1.29 is 18.4 Å². The summed E-state index contributed by atoms with van der Waals surface area (Å²) >= 11 is 0. The number of likely N-dealkylation sites (tertiary alicyclic amines) is 1. The highest BCUT2D eigenvalue weighted by Crippen LogP contribution is 2.35. The molecule has 1 aliphatic heterocycles. The van der Waals surface area contributed by atoms with Crippen molar-refractivity contribution in [1.29, 1.82) is 0 Å². The van der Waals surface area contributed by atoms with Gasteiger partial charge >= 0.3 is 0 Å². The molecule has 1 atom stereocenters. The third kappa shape index (κ3) is 3.18. The maximum Gasteiger partial charge on any atom is 0.276 e. The number of carbonyl (C=O) groups is 1. The lowest BCUT2D eigenvalue weighted by Crippen LogP contribution is -2.31. The van der Waals surface area contributed by atoms with Crippen molar-refractivity contribution in [1.82, 2.24) is 10.1 Å². The van der Waals surface area contributed by atoms with Gasteiger partial charge < -0.3 is 14.2 Å². The highest BCUT2D eigenvalue weighted by atomic mass is 19.1. The monoisotopic (exact) mass is 366 g/mol. The first-order chi connectivity index (χ1) is 13.2. The van der Waals surface area contributed by atoms with Gasteiger partial charge in [-0.25, -0.2) is 4.39 Å². The number of nitrogens with zero attached hydrogens (tertiary/aromatic N) is 2. The van der Waals surface area contributed by atoms with E-state index in [4.69, 9.17) is 9.26 Å². The molecule has 0 bridgehead atoms. The molecular weight excluding hydrogens is 347 g/mol. The molecule has 0 aliphatic carbocycles. The second kappa shape index (κ2) is 7.23. The Balaban J connectivity index is 1.62. The zero-order chi connectivity index (χ0) is 18.8. The van der Waals surface area contributed by atoms with Crippen LogP contribution in [0.5, 0.6) is 5.75 Å². The maximum atomic E-state index is 14.2. The van der Waals surface area contributed by atoms with Crippen LogP contribution in [0.4, 0.5) is 4.39 Å². The van der Waals surface area contributed by atoms with E-state index in [0.717, 1.165) is 18.4 Å². The Morgan fingerprint density at radius 1 is 1.22 bits per heavy atom. The van der Waals surface area contributed by atoms with Crippen molar-refractivity contribution in [3.8, 4) is 17.1 Å². The molecule has 0 spiro atoms. The van der Waals surface area contributed by atoms with Gasteiger partial charge in [0.1, 0.15) is 11.6 Å². The van der Waals surface area contributed by atoms with Gasteiger partial charge in [0.25, 0.3) is 5.91 Å². The van der Waals surface area contributed by atoms with Crippen molar-refractivity contribution in [2.24, 2.45) is 0 Å². The van der Waals surface area contributed by atoms with Crippen LogP contribution >= 0.6 is 0 Å². The number of ether oxygens (including phenoxy) is 1. The summed E-state index contributed by atoms with van der Waals surface area (Å²) in [6.07, 6.45) is 1.55. The fraction of sp³-hybridized carbons (Fsp3) is 0.238. The summed E-state index contributed by atoms with van der Waals surface area (Å²) in [7, 11) is 1.57. The number of hydrogen-bond donors (Lipinski definition) is 0. The summed E-state index contributed by atoms with van der Waals surface area (Å²) in [6.45, 7) is 0.564. The van der Waals surface area contributed by atoms with Crippen LogP contribution in [0.1, 0.15) is 34.9 Å². The Morgan fingerprint density at radius 2 is 2.00 bits per heavy atom. The Labute approximate surface area is 156 Å². The molecule has 1 fully saturated rings. The van der Waals surface area contributed by atoms with E-state index >= 15 is 0 Å². The Bertz CT molecular complexity index is 969. The molecule has 3 aromatic rings. The van der Waals surface area contributed by atoms with Gasteiger partial charge in [0.15, 0.2) is 11.5 Å². The molecule has 27 heavy (non-hydrogen) atoms. The summed E-state index contributed by atoms with van der Waals surface area (Å²) in [6, 6.07) is 15.3. The molecule has 5 nitrogen and oxygen atoms in total. The van der Waals surface area contributed by atoms with Crippen LogP contribution < -0.4 is 4.74 Å². The fourth-order valence-corrected chi connectivity index (χ4v) is 3.58. The average molecular weight is 366 g/mol. The summed E-state index contributed by atoms with van der Waals surface area (Å²) in [4.78, 5) is 14.7. The normalized spacial score (nSPS) is 16.5. The molecule has 1 saturated heterocycles. The minimum atomic E-state index is -0.294. The SMILES string of the molecule is COc1ccccc1-c1cc(C(=O)N2CCCC2c2ccccc2F)no1. The number of hydrogen-bond acceptors (Lipinski definition) is 4. The zero-order valence-corrected chi connectivity index (χ0v) is 14.9. The minimum Gasteiger partial charge on any atom is -0.496 e.